The summed E-state index contributed by atoms with van der Waals surface area (Å²) < 4.78 is 5.64. The number of fused-ring (bicyclic) bond motifs is 1. The van der Waals surface area contributed by atoms with Crippen LogP contribution in [0.4, 0.5) is 5.69 Å². The molecule has 5 heteroatoms. The summed E-state index contributed by atoms with van der Waals surface area (Å²) in [4.78, 5) is 15.2. The minimum Gasteiger partial charge on any atom is -0.343 e. The van der Waals surface area contributed by atoms with Gasteiger partial charge in [-0.2, -0.15) is 0 Å². The summed E-state index contributed by atoms with van der Waals surface area (Å²) >= 11 is 1.55. The van der Waals surface area contributed by atoms with Crippen LogP contribution in [0.1, 0.15) is 18.2 Å². The van der Waals surface area contributed by atoms with Gasteiger partial charge in [0.05, 0.1) is 5.70 Å². The Morgan fingerprint density at radius 2 is 1.89 bits per heavy atom. The van der Waals surface area contributed by atoms with E-state index in [4.69, 9.17) is 0 Å². The van der Waals surface area contributed by atoms with Crippen molar-refractivity contribution in [1.82, 2.24) is 4.57 Å². The van der Waals surface area contributed by atoms with Crippen LogP contribution >= 0.6 is 11.3 Å². The first-order chi connectivity index (χ1) is 13.1. The van der Waals surface area contributed by atoms with Crippen LogP contribution in [0.2, 0.25) is 0 Å². The molecular weight excluding hydrogens is 354 g/mol. The molecule has 1 aliphatic heterocycles. The Kier molecular flexibility index (Phi) is 4.54. The molecule has 0 saturated heterocycles. The average Bonchev–Trinajstić information content (AvgIpc) is 2.99. The Hall–Kier alpha value is -2.92. The van der Waals surface area contributed by atoms with Crippen molar-refractivity contribution >= 4 is 34.9 Å². The highest BCUT2D eigenvalue weighted by Gasteiger charge is 2.17. The highest BCUT2D eigenvalue weighted by Crippen LogP contribution is 2.29. The van der Waals surface area contributed by atoms with Crippen molar-refractivity contribution in [2.24, 2.45) is 7.05 Å². The summed E-state index contributed by atoms with van der Waals surface area (Å²) in [6, 6.07) is 14.3. The van der Waals surface area contributed by atoms with Crippen molar-refractivity contribution < 1.29 is 4.57 Å². The highest BCUT2D eigenvalue weighted by molar-refractivity contribution is 7.07. The summed E-state index contributed by atoms with van der Waals surface area (Å²) in [7, 11) is 4.03. The predicted octanol–water partition coefficient (Wildman–Crippen LogP) is 1.85. The Morgan fingerprint density at radius 1 is 1.11 bits per heavy atom. The molecule has 0 spiro atoms. The van der Waals surface area contributed by atoms with Gasteiger partial charge in [0.15, 0.2) is 6.20 Å². The van der Waals surface area contributed by atoms with E-state index in [1.54, 1.807) is 11.3 Å². The number of nitrogens with zero attached hydrogens (tertiary/aromatic N) is 3. The third-order valence-electron chi connectivity index (χ3n) is 4.91. The van der Waals surface area contributed by atoms with Crippen LogP contribution in [-0.4, -0.2) is 11.6 Å². The minimum absolute atomic E-state index is 0.0678. The summed E-state index contributed by atoms with van der Waals surface area (Å²) in [6.45, 7) is 2.66. The number of benzene rings is 1. The first-order valence-corrected chi connectivity index (χ1v) is 9.83. The lowest BCUT2D eigenvalue weighted by Crippen LogP contribution is -2.35. The number of hydrogen-bond donors (Lipinski definition) is 0. The maximum Gasteiger partial charge on any atom is 0.271 e. The fraction of sp³-hybridized carbons (Fsp3) is 0.182. The Balaban J connectivity index is 1.97. The number of likely N-dealkylation sites (N-methyl/N-ethyl adjacent to an activating group) is 1. The van der Waals surface area contributed by atoms with Gasteiger partial charge in [-0.1, -0.05) is 24.3 Å². The van der Waals surface area contributed by atoms with E-state index in [1.807, 2.05) is 62.1 Å². The second-order valence-corrected chi connectivity index (χ2v) is 7.57. The molecule has 27 heavy (non-hydrogen) atoms. The fourth-order valence-electron chi connectivity index (χ4n) is 3.38. The molecule has 4 nitrogen and oxygen atoms in total. The molecule has 3 heterocycles. The Bertz CT molecular complexity index is 1220. The quantitative estimate of drug-likeness (QED) is 0.639. The minimum atomic E-state index is 0.0678. The van der Waals surface area contributed by atoms with E-state index in [9.17, 15) is 4.79 Å². The molecule has 0 fully saturated rings. The van der Waals surface area contributed by atoms with Crippen LogP contribution in [0.25, 0.3) is 17.8 Å². The zero-order chi connectivity index (χ0) is 19.0. The van der Waals surface area contributed by atoms with Crippen LogP contribution < -0.4 is 24.2 Å². The van der Waals surface area contributed by atoms with Crippen molar-refractivity contribution in [2.45, 2.75) is 13.5 Å². The third-order valence-corrected chi connectivity index (χ3v) is 6.04. The van der Waals surface area contributed by atoms with Gasteiger partial charge in [0, 0.05) is 37.5 Å². The standard InChI is InChI=1S/C22H22N3OS/c1-4-25-20(15-17-10-7-8-14-23(17)2)27-21(22(25)26)19-13-12-16-9-5-6-11-18(16)24(19)3/h5-15H,4H2,1-3H3/q+1/b21-19-. The molecule has 0 amide bonds. The lowest BCUT2D eigenvalue weighted by Gasteiger charge is -2.25. The van der Waals surface area contributed by atoms with Gasteiger partial charge in [0.1, 0.15) is 16.2 Å². The summed E-state index contributed by atoms with van der Waals surface area (Å²) in [5.74, 6) is 0. The monoisotopic (exact) mass is 376 g/mol. The smallest absolute Gasteiger partial charge is 0.271 e. The van der Waals surface area contributed by atoms with E-state index in [0.717, 1.165) is 26.3 Å². The number of rotatable bonds is 2. The Labute approximate surface area is 162 Å². The second-order valence-electron chi connectivity index (χ2n) is 6.54. The van der Waals surface area contributed by atoms with Gasteiger partial charge in [-0.15, -0.1) is 11.3 Å². The van der Waals surface area contributed by atoms with Crippen molar-refractivity contribution in [1.29, 1.82) is 0 Å². The van der Waals surface area contributed by atoms with Crippen molar-refractivity contribution in [3.8, 4) is 0 Å². The molecule has 0 saturated carbocycles. The molecule has 0 bridgehead atoms. The first kappa shape index (κ1) is 17.5. The summed E-state index contributed by atoms with van der Waals surface area (Å²) in [5.41, 5.74) is 4.36. The molecule has 4 rings (SSSR count). The van der Waals surface area contributed by atoms with Crippen LogP contribution in [0.5, 0.6) is 0 Å². The lowest BCUT2D eigenvalue weighted by molar-refractivity contribution is -0.673. The van der Waals surface area contributed by atoms with Gasteiger partial charge >= 0.3 is 0 Å². The van der Waals surface area contributed by atoms with Gasteiger partial charge in [0.25, 0.3) is 5.56 Å². The molecule has 136 valence electrons. The molecule has 1 aromatic carbocycles. The average molecular weight is 377 g/mol. The van der Waals surface area contributed by atoms with Crippen molar-refractivity contribution in [3.05, 3.63) is 85.5 Å². The largest absolute Gasteiger partial charge is 0.343 e. The van der Waals surface area contributed by atoms with E-state index in [1.165, 1.54) is 5.56 Å². The van der Waals surface area contributed by atoms with Gasteiger partial charge in [-0.3, -0.25) is 9.36 Å². The summed E-state index contributed by atoms with van der Waals surface area (Å²) in [5, 5.41) is 0. The molecule has 1 aliphatic rings. The molecular formula is C22H22N3OS+. The van der Waals surface area contributed by atoms with Gasteiger partial charge in [-0.25, -0.2) is 4.57 Å². The van der Waals surface area contributed by atoms with Gasteiger partial charge < -0.3 is 4.90 Å². The molecule has 2 aromatic heterocycles. The van der Waals surface area contributed by atoms with E-state index >= 15 is 0 Å². The zero-order valence-corrected chi connectivity index (χ0v) is 16.5. The number of pyridine rings is 1. The lowest BCUT2D eigenvalue weighted by atomic mass is 10.1. The zero-order valence-electron chi connectivity index (χ0n) is 15.7. The van der Waals surface area contributed by atoms with E-state index in [0.29, 0.717) is 6.54 Å². The fourth-order valence-corrected chi connectivity index (χ4v) is 4.60. The number of hydrogen-bond acceptors (Lipinski definition) is 3. The first-order valence-electron chi connectivity index (χ1n) is 9.01. The SMILES string of the molecule is CCn1c(=O)/c(=C2\C=Cc3ccccc3N2C)s/c1=C\c1cccc[n+]1C. The second kappa shape index (κ2) is 7.00. The molecule has 3 aromatic rings. The topological polar surface area (TPSA) is 29.1 Å². The molecule has 0 N–H and O–H groups in total. The maximum atomic E-state index is 13.1. The normalized spacial score (nSPS) is 16.0. The molecule has 0 unspecified atom stereocenters. The van der Waals surface area contributed by atoms with Crippen LogP contribution in [0, 0.1) is 0 Å². The summed E-state index contributed by atoms with van der Waals surface area (Å²) in [6.07, 6.45) is 8.22. The molecule has 0 atom stereocenters. The van der Waals surface area contributed by atoms with Crippen molar-refractivity contribution in [2.75, 3.05) is 11.9 Å². The van der Waals surface area contributed by atoms with E-state index in [-0.39, 0.29) is 5.56 Å². The van der Waals surface area contributed by atoms with Crippen molar-refractivity contribution in [3.63, 3.8) is 0 Å². The maximum absolute atomic E-state index is 13.1. The van der Waals surface area contributed by atoms with E-state index in [2.05, 4.69) is 39.8 Å². The number of aryl methyl sites for hydroxylation is 1. The van der Waals surface area contributed by atoms with Gasteiger partial charge in [-0.05, 0) is 30.7 Å². The Morgan fingerprint density at radius 3 is 2.67 bits per heavy atom. The predicted molar refractivity (Wildman–Crippen MR) is 112 cm³/mol. The number of aromatic nitrogens is 2. The van der Waals surface area contributed by atoms with E-state index < -0.39 is 0 Å². The molecule has 0 aliphatic carbocycles. The molecule has 0 radical (unpaired) electrons. The van der Waals surface area contributed by atoms with Crippen LogP contribution in [0.15, 0.2) is 59.5 Å². The van der Waals surface area contributed by atoms with Crippen LogP contribution in [0.3, 0.4) is 0 Å². The number of para-hydroxylation sites is 1. The highest BCUT2D eigenvalue weighted by atomic mass is 32.1. The van der Waals surface area contributed by atoms with Gasteiger partial charge in [0.2, 0.25) is 5.69 Å². The third kappa shape index (κ3) is 3.04. The van der Waals surface area contributed by atoms with Crippen LogP contribution in [-0.2, 0) is 13.6 Å². The number of thiazole rings is 1. The number of anilines is 1.